The van der Waals surface area contributed by atoms with Crippen LogP contribution in [0.25, 0.3) is 0 Å². The van der Waals surface area contributed by atoms with Gasteiger partial charge in [-0.1, -0.05) is 12.8 Å². The lowest BCUT2D eigenvalue weighted by Gasteiger charge is -2.34. The zero-order valence-electron chi connectivity index (χ0n) is 15.6. The van der Waals surface area contributed by atoms with Gasteiger partial charge in [0.15, 0.2) is 0 Å². The van der Waals surface area contributed by atoms with E-state index >= 15 is 0 Å². The Hall–Kier alpha value is -2.77. The molecule has 1 amide bonds. The van der Waals surface area contributed by atoms with Gasteiger partial charge in [-0.3, -0.25) is 4.79 Å². The average molecular weight is 367 g/mol. The van der Waals surface area contributed by atoms with Crippen molar-refractivity contribution in [1.82, 2.24) is 24.8 Å². The maximum absolute atomic E-state index is 12.9. The van der Waals surface area contributed by atoms with E-state index in [9.17, 15) is 4.79 Å². The van der Waals surface area contributed by atoms with Crippen molar-refractivity contribution in [2.45, 2.75) is 38.6 Å². The maximum atomic E-state index is 12.9. The Morgan fingerprint density at radius 1 is 1.07 bits per heavy atom. The molecular weight excluding hydrogens is 342 g/mol. The zero-order chi connectivity index (χ0) is 18.6. The Balaban J connectivity index is 1.41. The Kier molecular flexibility index (Phi) is 5.13. The predicted octanol–water partition coefficient (Wildman–Crippen LogP) is 1.89. The third kappa shape index (κ3) is 4.15. The maximum Gasteiger partial charge on any atom is 0.272 e. The molecule has 1 saturated heterocycles. The fourth-order valence-corrected chi connectivity index (χ4v) is 3.76. The van der Waals surface area contributed by atoms with E-state index in [0.29, 0.717) is 49.7 Å². The van der Waals surface area contributed by atoms with Crippen molar-refractivity contribution < 1.29 is 4.79 Å². The van der Waals surface area contributed by atoms with Crippen LogP contribution in [0.15, 0.2) is 24.5 Å². The SMILES string of the molecule is Cc1nc(NC2CCCC2)cc(C(=O)N2CCN(c3ncccn3)CC2)n1. The number of hydrogen-bond donors (Lipinski definition) is 1. The number of rotatable bonds is 4. The van der Waals surface area contributed by atoms with E-state index in [1.54, 1.807) is 24.5 Å². The van der Waals surface area contributed by atoms with Gasteiger partial charge >= 0.3 is 0 Å². The van der Waals surface area contributed by atoms with Crippen LogP contribution in [-0.4, -0.2) is 63.0 Å². The molecular formula is C19H25N7O. The lowest BCUT2D eigenvalue weighted by Crippen LogP contribution is -2.49. The highest BCUT2D eigenvalue weighted by atomic mass is 16.2. The van der Waals surface area contributed by atoms with Gasteiger partial charge in [0.05, 0.1) is 0 Å². The molecule has 0 aromatic carbocycles. The molecule has 1 aliphatic heterocycles. The number of hydrogen-bond acceptors (Lipinski definition) is 7. The minimum Gasteiger partial charge on any atom is -0.367 e. The van der Waals surface area contributed by atoms with Crippen molar-refractivity contribution in [3.05, 3.63) is 36.0 Å². The molecule has 0 unspecified atom stereocenters. The summed E-state index contributed by atoms with van der Waals surface area (Å²) in [4.78, 5) is 34.3. The van der Waals surface area contributed by atoms with E-state index in [4.69, 9.17) is 0 Å². The highest BCUT2D eigenvalue weighted by Gasteiger charge is 2.25. The van der Waals surface area contributed by atoms with Gasteiger partial charge in [-0.2, -0.15) is 0 Å². The Morgan fingerprint density at radius 2 is 1.78 bits per heavy atom. The second-order valence-corrected chi connectivity index (χ2v) is 7.14. The van der Waals surface area contributed by atoms with Crippen molar-refractivity contribution in [1.29, 1.82) is 0 Å². The fourth-order valence-electron chi connectivity index (χ4n) is 3.76. The molecule has 2 aliphatic rings. The minimum absolute atomic E-state index is 0.0383. The van der Waals surface area contributed by atoms with Crippen molar-refractivity contribution >= 4 is 17.7 Å². The highest BCUT2D eigenvalue weighted by Crippen LogP contribution is 2.22. The van der Waals surface area contributed by atoms with Gasteiger partial charge < -0.3 is 15.1 Å². The molecule has 1 N–H and O–H groups in total. The second kappa shape index (κ2) is 7.85. The van der Waals surface area contributed by atoms with E-state index in [0.717, 1.165) is 18.7 Å². The van der Waals surface area contributed by atoms with Gasteiger partial charge in [-0.25, -0.2) is 19.9 Å². The summed E-state index contributed by atoms with van der Waals surface area (Å²) >= 11 is 0. The van der Waals surface area contributed by atoms with E-state index in [-0.39, 0.29) is 5.91 Å². The van der Waals surface area contributed by atoms with Crippen LogP contribution in [0.4, 0.5) is 11.8 Å². The minimum atomic E-state index is -0.0383. The van der Waals surface area contributed by atoms with E-state index in [1.807, 2.05) is 11.8 Å². The van der Waals surface area contributed by atoms with Crippen LogP contribution in [0.5, 0.6) is 0 Å². The number of nitrogens with one attached hydrogen (secondary N) is 1. The highest BCUT2D eigenvalue weighted by molar-refractivity contribution is 5.93. The van der Waals surface area contributed by atoms with Gasteiger partial charge in [0.2, 0.25) is 5.95 Å². The van der Waals surface area contributed by atoms with E-state index in [2.05, 4.69) is 30.2 Å². The lowest BCUT2D eigenvalue weighted by molar-refractivity contribution is 0.0740. The molecule has 2 fully saturated rings. The number of carbonyl (C=O) groups excluding carboxylic acids is 1. The van der Waals surface area contributed by atoms with Gasteiger partial charge in [-0.05, 0) is 25.8 Å². The molecule has 8 heteroatoms. The quantitative estimate of drug-likeness (QED) is 0.883. The van der Waals surface area contributed by atoms with Gasteiger partial charge in [-0.15, -0.1) is 0 Å². The first-order valence-corrected chi connectivity index (χ1v) is 9.62. The molecule has 2 aromatic heterocycles. The van der Waals surface area contributed by atoms with Gasteiger partial charge in [0.25, 0.3) is 5.91 Å². The number of nitrogens with zero attached hydrogens (tertiary/aromatic N) is 6. The molecule has 142 valence electrons. The zero-order valence-corrected chi connectivity index (χ0v) is 15.6. The number of anilines is 2. The Morgan fingerprint density at radius 3 is 2.48 bits per heavy atom. The Labute approximate surface area is 159 Å². The fraction of sp³-hybridized carbons (Fsp3) is 0.526. The summed E-state index contributed by atoms with van der Waals surface area (Å²) in [6.45, 7) is 4.53. The van der Waals surface area contributed by atoms with Crippen LogP contribution in [0.1, 0.15) is 42.0 Å². The van der Waals surface area contributed by atoms with E-state index < -0.39 is 0 Å². The molecule has 4 rings (SSSR count). The molecule has 0 bridgehead atoms. The van der Waals surface area contributed by atoms with Crippen molar-refractivity contribution in [3.63, 3.8) is 0 Å². The normalized spacial score (nSPS) is 18.0. The molecule has 0 radical (unpaired) electrons. The van der Waals surface area contributed by atoms with Crippen LogP contribution in [0.3, 0.4) is 0 Å². The van der Waals surface area contributed by atoms with Crippen molar-refractivity contribution in [2.75, 3.05) is 36.4 Å². The standard InChI is InChI=1S/C19H25N7O/c1-14-22-16(13-17(23-14)24-15-5-2-3-6-15)18(27)25-9-11-26(12-10-25)19-20-7-4-8-21-19/h4,7-8,13,15H,2-3,5-6,9-12H2,1H3,(H,22,23,24). The third-order valence-electron chi connectivity index (χ3n) is 5.17. The first-order valence-electron chi connectivity index (χ1n) is 9.62. The predicted molar refractivity (Wildman–Crippen MR) is 103 cm³/mol. The van der Waals surface area contributed by atoms with E-state index in [1.165, 1.54) is 12.8 Å². The smallest absolute Gasteiger partial charge is 0.272 e. The summed E-state index contributed by atoms with van der Waals surface area (Å²) in [7, 11) is 0. The van der Waals surface area contributed by atoms with Crippen LogP contribution < -0.4 is 10.2 Å². The molecule has 8 nitrogen and oxygen atoms in total. The van der Waals surface area contributed by atoms with Crippen LogP contribution in [0, 0.1) is 6.92 Å². The summed E-state index contributed by atoms with van der Waals surface area (Å²) in [5.74, 6) is 2.06. The van der Waals surface area contributed by atoms with Gasteiger partial charge in [0.1, 0.15) is 17.3 Å². The number of aromatic nitrogens is 4. The molecule has 0 spiro atoms. The van der Waals surface area contributed by atoms with Crippen LogP contribution in [-0.2, 0) is 0 Å². The summed E-state index contributed by atoms with van der Waals surface area (Å²) in [6, 6.07) is 4.05. The van der Waals surface area contributed by atoms with Crippen molar-refractivity contribution in [3.8, 4) is 0 Å². The third-order valence-corrected chi connectivity index (χ3v) is 5.17. The summed E-state index contributed by atoms with van der Waals surface area (Å²) in [6.07, 6.45) is 8.31. The Bertz CT molecular complexity index is 784. The average Bonchev–Trinajstić information content (AvgIpc) is 3.21. The summed E-state index contributed by atoms with van der Waals surface area (Å²) in [5, 5.41) is 3.46. The molecule has 1 saturated carbocycles. The number of carbonyl (C=O) groups is 1. The molecule has 0 atom stereocenters. The summed E-state index contributed by atoms with van der Waals surface area (Å²) < 4.78 is 0. The number of amides is 1. The second-order valence-electron chi connectivity index (χ2n) is 7.14. The monoisotopic (exact) mass is 367 g/mol. The van der Waals surface area contributed by atoms with Crippen LogP contribution >= 0.6 is 0 Å². The molecule has 2 aromatic rings. The molecule has 3 heterocycles. The summed E-state index contributed by atoms with van der Waals surface area (Å²) in [5.41, 5.74) is 0.465. The largest absolute Gasteiger partial charge is 0.367 e. The van der Waals surface area contributed by atoms with Gasteiger partial charge in [0, 0.05) is 50.7 Å². The number of piperazine rings is 1. The number of aryl methyl sites for hydroxylation is 1. The first-order chi connectivity index (χ1) is 13.2. The topological polar surface area (TPSA) is 87.1 Å². The molecule has 1 aliphatic carbocycles. The van der Waals surface area contributed by atoms with Crippen LogP contribution in [0.2, 0.25) is 0 Å². The molecule has 27 heavy (non-hydrogen) atoms. The first kappa shape index (κ1) is 17.6. The van der Waals surface area contributed by atoms with Crippen molar-refractivity contribution in [2.24, 2.45) is 0 Å². The lowest BCUT2D eigenvalue weighted by atomic mass is 10.2.